The summed E-state index contributed by atoms with van der Waals surface area (Å²) in [6.07, 6.45) is 12.6. The van der Waals surface area contributed by atoms with E-state index in [2.05, 4.69) is 39.8 Å². The molecule has 44 heavy (non-hydrogen) atoms. The van der Waals surface area contributed by atoms with Gasteiger partial charge < -0.3 is 29.2 Å². The van der Waals surface area contributed by atoms with Gasteiger partial charge in [-0.15, -0.1) is 0 Å². The minimum atomic E-state index is 0.0842. The van der Waals surface area contributed by atoms with E-state index < -0.39 is 0 Å². The van der Waals surface area contributed by atoms with Crippen molar-refractivity contribution in [2.24, 2.45) is 0 Å². The van der Waals surface area contributed by atoms with Crippen molar-refractivity contribution in [3.05, 3.63) is 36.4 Å². The molecule has 6 heteroatoms. The standard InChI is InChI=1S/C38H52O6/c1-5-9-13-17-41-35-23-29-27(21-33(35)39)28-22-34(40)36(42-18-14-10-6-2)24-30(28)32-26-38(44-20-16-12-8-4)37(25-31(29)32)43-19-15-11-7-3/h21-26,39-40H,5-20H2,1-4H3. The van der Waals surface area contributed by atoms with Crippen LogP contribution in [0.1, 0.15) is 105 Å². The van der Waals surface area contributed by atoms with E-state index in [-0.39, 0.29) is 11.5 Å². The first kappa shape index (κ1) is 33.4. The molecule has 6 nitrogen and oxygen atoms in total. The third-order valence-electron chi connectivity index (χ3n) is 8.17. The summed E-state index contributed by atoms with van der Waals surface area (Å²) in [4.78, 5) is 0. The van der Waals surface area contributed by atoms with Crippen LogP contribution in [0.25, 0.3) is 32.3 Å². The van der Waals surface area contributed by atoms with Gasteiger partial charge in [0.1, 0.15) is 0 Å². The van der Waals surface area contributed by atoms with E-state index in [1.54, 1.807) is 12.1 Å². The van der Waals surface area contributed by atoms with E-state index in [9.17, 15) is 10.2 Å². The Bertz CT molecular complexity index is 1380. The van der Waals surface area contributed by atoms with Crippen molar-refractivity contribution >= 4 is 32.3 Å². The van der Waals surface area contributed by atoms with Crippen LogP contribution in [-0.4, -0.2) is 36.6 Å². The molecule has 0 bridgehead atoms. The topological polar surface area (TPSA) is 77.4 Å². The number of phenols is 2. The SMILES string of the molecule is CCCCCOc1cc2c(cc1O)c1cc(O)c(OCCCCC)cc1c1cc(OCCCCC)c(OCCCCC)cc21. The molecule has 0 fully saturated rings. The van der Waals surface area contributed by atoms with Crippen LogP contribution in [0.4, 0.5) is 0 Å². The average Bonchev–Trinajstić information content (AvgIpc) is 3.02. The lowest BCUT2D eigenvalue weighted by molar-refractivity contribution is 0.260. The number of ether oxygens (including phenoxy) is 4. The highest BCUT2D eigenvalue weighted by atomic mass is 16.5. The van der Waals surface area contributed by atoms with Gasteiger partial charge in [-0.05, 0) is 94.4 Å². The Morgan fingerprint density at radius 1 is 0.364 bits per heavy atom. The van der Waals surface area contributed by atoms with Gasteiger partial charge in [0.25, 0.3) is 0 Å². The van der Waals surface area contributed by atoms with Gasteiger partial charge in [0.2, 0.25) is 0 Å². The maximum Gasteiger partial charge on any atom is 0.161 e. The van der Waals surface area contributed by atoms with Crippen LogP contribution in [0.2, 0.25) is 0 Å². The summed E-state index contributed by atoms with van der Waals surface area (Å²) in [5, 5.41) is 27.5. The number of unbranched alkanes of at least 4 members (excludes halogenated alkanes) is 8. The van der Waals surface area contributed by atoms with Crippen LogP contribution < -0.4 is 18.9 Å². The molecule has 0 saturated heterocycles. The van der Waals surface area contributed by atoms with Crippen molar-refractivity contribution in [2.75, 3.05) is 26.4 Å². The molecule has 0 aliphatic heterocycles. The molecular weight excluding hydrogens is 552 g/mol. The lowest BCUT2D eigenvalue weighted by Gasteiger charge is -2.19. The summed E-state index contributed by atoms with van der Waals surface area (Å²) >= 11 is 0. The monoisotopic (exact) mass is 604 g/mol. The number of hydrogen-bond donors (Lipinski definition) is 2. The zero-order chi connectivity index (χ0) is 31.3. The molecule has 0 spiro atoms. The minimum absolute atomic E-state index is 0.0842. The normalized spacial score (nSPS) is 11.5. The van der Waals surface area contributed by atoms with Gasteiger partial charge in [0.15, 0.2) is 34.5 Å². The quantitative estimate of drug-likeness (QED) is 0.0772. The maximum absolute atomic E-state index is 11.0. The van der Waals surface area contributed by atoms with Crippen molar-refractivity contribution in [3.8, 4) is 34.5 Å². The Kier molecular flexibility index (Phi) is 12.9. The van der Waals surface area contributed by atoms with Crippen molar-refractivity contribution < 1.29 is 29.2 Å². The first-order valence-corrected chi connectivity index (χ1v) is 17.0. The lowest BCUT2D eigenvalue weighted by Crippen LogP contribution is -2.03. The van der Waals surface area contributed by atoms with E-state index in [1.165, 1.54) is 0 Å². The van der Waals surface area contributed by atoms with Gasteiger partial charge in [-0.25, -0.2) is 0 Å². The number of aromatic hydroxyl groups is 2. The second-order valence-electron chi connectivity index (χ2n) is 11.8. The Hall–Kier alpha value is -3.54. The van der Waals surface area contributed by atoms with Crippen molar-refractivity contribution in [2.45, 2.75) is 105 Å². The second kappa shape index (κ2) is 17.1. The number of hydrogen-bond acceptors (Lipinski definition) is 6. The largest absolute Gasteiger partial charge is 0.504 e. The highest BCUT2D eigenvalue weighted by Gasteiger charge is 2.19. The van der Waals surface area contributed by atoms with Crippen LogP contribution in [-0.2, 0) is 0 Å². The molecule has 4 aromatic carbocycles. The van der Waals surface area contributed by atoms with E-state index in [0.717, 1.165) is 121 Å². The van der Waals surface area contributed by atoms with Gasteiger partial charge in [-0.2, -0.15) is 0 Å². The summed E-state index contributed by atoms with van der Waals surface area (Å²) in [5.74, 6) is 2.53. The summed E-state index contributed by atoms with van der Waals surface area (Å²) < 4.78 is 24.8. The highest BCUT2D eigenvalue weighted by molar-refractivity contribution is 6.26. The molecule has 4 aromatic rings. The highest BCUT2D eigenvalue weighted by Crippen LogP contribution is 2.46. The molecule has 0 aliphatic carbocycles. The zero-order valence-electron chi connectivity index (χ0n) is 27.3. The average molecular weight is 605 g/mol. The fourth-order valence-corrected chi connectivity index (χ4v) is 5.63. The molecule has 240 valence electrons. The Balaban J connectivity index is 1.91. The summed E-state index contributed by atoms with van der Waals surface area (Å²) in [6.45, 7) is 11.0. The van der Waals surface area contributed by atoms with Crippen molar-refractivity contribution in [1.29, 1.82) is 0 Å². The molecule has 4 rings (SSSR count). The number of fused-ring (bicyclic) bond motifs is 6. The fourth-order valence-electron chi connectivity index (χ4n) is 5.63. The van der Waals surface area contributed by atoms with E-state index in [0.29, 0.717) is 37.9 Å². The molecule has 0 heterocycles. The van der Waals surface area contributed by atoms with E-state index in [4.69, 9.17) is 18.9 Å². The molecular formula is C38H52O6. The Labute approximate surface area is 263 Å². The molecule has 0 aliphatic rings. The van der Waals surface area contributed by atoms with Crippen molar-refractivity contribution in [1.82, 2.24) is 0 Å². The fraction of sp³-hybridized carbons (Fsp3) is 0.526. The summed E-state index contributed by atoms with van der Waals surface area (Å²) in [7, 11) is 0. The van der Waals surface area contributed by atoms with Crippen LogP contribution in [0.15, 0.2) is 36.4 Å². The van der Waals surface area contributed by atoms with Crippen LogP contribution in [0, 0.1) is 0 Å². The molecule has 0 saturated carbocycles. The zero-order valence-corrected chi connectivity index (χ0v) is 27.3. The van der Waals surface area contributed by atoms with E-state index >= 15 is 0 Å². The molecule has 0 atom stereocenters. The lowest BCUT2D eigenvalue weighted by atomic mass is 9.93. The first-order chi connectivity index (χ1) is 21.5. The van der Waals surface area contributed by atoms with Gasteiger partial charge in [0, 0.05) is 0 Å². The predicted octanol–water partition coefficient (Wildman–Crippen LogP) is 10.8. The van der Waals surface area contributed by atoms with Crippen LogP contribution in [0.3, 0.4) is 0 Å². The third-order valence-corrected chi connectivity index (χ3v) is 8.17. The Morgan fingerprint density at radius 3 is 0.909 bits per heavy atom. The Morgan fingerprint density at radius 2 is 0.614 bits per heavy atom. The molecule has 0 unspecified atom stereocenters. The smallest absolute Gasteiger partial charge is 0.161 e. The van der Waals surface area contributed by atoms with E-state index in [1.807, 2.05) is 12.1 Å². The minimum Gasteiger partial charge on any atom is -0.504 e. The molecule has 0 aromatic heterocycles. The van der Waals surface area contributed by atoms with Gasteiger partial charge >= 0.3 is 0 Å². The molecule has 0 amide bonds. The van der Waals surface area contributed by atoms with Gasteiger partial charge in [-0.3, -0.25) is 0 Å². The molecule has 0 radical (unpaired) electrons. The first-order valence-electron chi connectivity index (χ1n) is 17.0. The van der Waals surface area contributed by atoms with Crippen molar-refractivity contribution in [3.63, 3.8) is 0 Å². The van der Waals surface area contributed by atoms with Crippen LogP contribution >= 0.6 is 0 Å². The third kappa shape index (κ3) is 8.34. The van der Waals surface area contributed by atoms with Crippen LogP contribution in [0.5, 0.6) is 34.5 Å². The van der Waals surface area contributed by atoms with Gasteiger partial charge in [0.05, 0.1) is 26.4 Å². The summed E-state index contributed by atoms with van der Waals surface area (Å²) in [5.41, 5.74) is 0. The summed E-state index contributed by atoms with van der Waals surface area (Å²) in [6, 6.07) is 11.5. The predicted molar refractivity (Wildman–Crippen MR) is 182 cm³/mol. The van der Waals surface area contributed by atoms with Gasteiger partial charge in [-0.1, -0.05) is 79.1 Å². The maximum atomic E-state index is 11.0. The number of benzene rings is 4. The number of phenolic OH excluding ortho intramolecular Hbond substituents is 2. The second-order valence-corrected chi connectivity index (χ2v) is 11.8. The molecule has 2 N–H and O–H groups in total. The number of rotatable bonds is 20.